The molecule has 7 nitrogen and oxygen atoms in total. The molecule has 1 fully saturated rings. The van der Waals surface area contributed by atoms with Crippen molar-refractivity contribution in [2.24, 2.45) is 5.92 Å². The van der Waals surface area contributed by atoms with Crippen LogP contribution in [0.25, 0.3) is 0 Å². The predicted octanol–water partition coefficient (Wildman–Crippen LogP) is 1.11. The van der Waals surface area contributed by atoms with Crippen LogP contribution in [0.15, 0.2) is 0 Å². The number of hydrogen-bond donors (Lipinski definition) is 5. The second kappa shape index (κ2) is 17.0. The zero-order valence-corrected chi connectivity index (χ0v) is 20.5. The van der Waals surface area contributed by atoms with Crippen molar-refractivity contribution in [3.05, 3.63) is 0 Å². The summed E-state index contributed by atoms with van der Waals surface area (Å²) in [5.41, 5.74) is 0. The lowest BCUT2D eigenvalue weighted by Crippen LogP contribution is -2.45. The van der Waals surface area contributed by atoms with Crippen LogP contribution in [0.2, 0.25) is 0 Å². The Labute approximate surface area is 197 Å². The zero-order valence-electron chi connectivity index (χ0n) is 17.9. The van der Waals surface area contributed by atoms with Crippen molar-refractivity contribution in [3.8, 4) is 0 Å². The maximum Gasteiger partial charge on any atom is 0.232 e. The van der Waals surface area contributed by atoms with Crippen LogP contribution < -0.4 is 10.6 Å². The second-order valence-corrected chi connectivity index (χ2v) is 8.66. The average Bonchev–Trinajstić information content (AvgIpc) is 3.03. The van der Waals surface area contributed by atoms with Gasteiger partial charge in [-0.2, -0.15) is 37.9 Å². The number of amides is 3. The van der Waals surface area contributed by atoms with Crippen LogP contribution in [-0.2, 0) is 14.4 Å². The molecular weight excluding hydrogens is 440 g/mol. The van der Waals surface area contributed by atoms with Gasteiger partial charge in [0.15, 0.2) is 0 Å². The van der Waals surface area contributed by atoms with E-state index in [1.165, 1.54) is 38.5 Å². The minimum atomic E-state index is -0.109. The highest BCUT2D eigenvalue weighted by molar-refractivity contribution is 7.81. The Bertz CT molecular complexity index is 496. The number of rotatable bonds is 14. The normalized spacial score (nSPS) is 14.9. The molecular formula is C20H38N4O3S3. The maximum absolute atomic E-state index is 12.5. The smallest absolute Gasteiger partial charge is 0.232 e. The third kappa shape index (κ3) is 12.3. The molecule has 0 heterocycles. The summed E-state index contributed by atoms with van der Waals surface area (Å²) in [7, 11) is 0. The van der Waals surface area contributed by atoms with E-state index in [1.807, 2.05) is 4.90 Å². The first-order valence-electron chi connectivity index (χ1n) is 10.9. The van der Waals surface area contributed by atoms with Gasteiger partial charge >= 0.3 is 0 Å². The van der Waals surface area contributed by atoms with Gasteiger partial charge in [0, 0.05) is 45.8 Å². The molecule has 1 aliphatic carbocycles. The first kappa shape index (κ1) is 27.5. The highest BCUT2D eigenvalue weighted by Gasteiger charge is 2.20. The van der Waals surface area contributed by atoms with Gasteiger partial charge in [0.1, 0.15) is 0 Å². The molecule has 0 saturated heterocycles. The van der Waals surface area contributed by atoms with Crippen LogP contribution in [0.1, 0.15) is 38.5 Å². The number of hydrogen-bond acceptors (Lipinski definition) is 7. The number of carbonyl (C=O) groups is 3. The topological polar surface area (TPSA) is 81.8 Å². The van der Waals surface area contributed by atoms with Crippen LogP contribution in [0.5, 0.6) is 0 Å². The van der Waals surface area contributed by atoms with Gasteiger partial charge in [-0.3, -0.25) is 19.3 Å². The molecule has 0 spiro atoms. The molecule has 1 rings (SSSR count). The highest BCUT2D eigenvalue weighted by atomic mass is 32.1. The van der Waals surface area contributed by atoms with Gasteiger partial charge in [0.25, 0.3) is 0 Å². The lowest BCUT2D eigenvalue weighted by molar-refractivity contribution is -0.129. The summed E-state index contributed by atoms with van der Waals surface area (Å²) >= 11 is 12.1. The summed E-state index contributed by atoms with van der Waals surface area (Å²) in [5, 5.41) is 5.64. The molecule has 0 unspecified atom stereocenters. The second-order valence-electron chi connectivity index (χ2n) is 7.71. The summed E-state index contributed by atoms with van der Waals surface area (Å²) in [6, 6.07) is 0. The van der Waals surface area contributed by atoms with Crippen LogP contribution in [0.3, 0.4) is 0 Å². The third-order valence-corrected chi connectivity index (χ3v) is 6.26. The monoisotopic (exact) mass is 478 g/mol. The quantitative estimate of drug-likeness (QED) is 0.191. The molecule has 174 valence electrons. The van der Waals surface area contributed by atoms with Crippen molar-refractivity contribution in [3.63, 3.8) is 0 Å². The summed E-state index contributed by atoms with van der Waals surface area (Å²) < 4.78 is 0. The fourth-order valence-electron chi connectivity index (χ4n) is 3.69. The fourth-order valence-corrected chi connectivity index (χ4v) is 4.12. The lowest BCUT2D eigenvalue weighted by atomic mass is 9.99. The number of thiol groups is 3. The summed E-state index contributed by atoms with van der Waals surface area (Å²) in [5.74, 6) is 0.933. The predicted molar refractivity (Wildman–Crippen MR) is 132 cm³/mol. The molecule has 1 aliphatic rings. The number of nitrogens with zero attached hydrogens (tertiary/aromatic N) is 2. The first-order valence-corrected chi connectivity index (χ1v) is 12.8. The van der Waals surface area contributed by atoms with Gasteiger partial charge in [-0.1, -0.05) is 25.7 Å². The Morgan fingerprint density at radius 3 is 1.73 bits per heavy atom. The van der Waals surface area contributed by atoms with E-state index >= 15 is 0 Å². The van der Waals surface area contributed by atoms with E-state index in [9.17, 15) is 14.4 Å². The van der Waals surface area contributed by atoms with Gasteiger partial charge in [-0.05, 0) is 18.8 Å². The third-order valence-electron chi connectivity index (χ3n) is 5.42. The van der Waals surface area contributed by atoms with E-state index in [1.54, 1.807) is 0 Å². The summed E-state index contributed by atoms with van der Waals surface area (Å²) in [6.07, 6.45) is 7.45. The van der Waals surface area contributed by atoms with Crippen molar-refractivity contribution < 1.29 is 14.4 Å². The Hall–Kier alpha value is -0.580. The molecule has 0 radical (unpaired) electrons. The first-order chi connectivity index (χ1) is 14.5. The van der Waals surface area contributed by atoms with Gasteiger partial charge < -0.3 is 15.5 Å². The van der Waals surface area contributed by atoms with Gasteiger partial charge in [-0.25, -0.2) is 0 Å². The van der Waals surface area contributed by atoms with Gasteiger partial charge in [-0.15, -0.1) is 0 Å². The van der Waals surface area contributed by atoms with E-state index in [0.717, 1.165) is 6.54 Å². The Morgan fingerprint density at radius 2 is 1.27 bits per heavy atom. The van der Waals surface area contributed by atoms with E-state index in [4.69, 9.17) is 0 Å². The molecule has 2 N–H and O–H groups in total. The van der Waals surface area contributed by atoms with Crippen LogP contribution in [0, 0.1) is 5.92 Å². The van der Waals surface area contributed by atoms with Gasteiger partial charge in [0.05, 0.1) is 17.3 Å². The Balaban J connectivity index is 2.59. The summed E-state index contributed by atoms with van der Waals surface area (Å²) in [4.78, 5) is 39.5. The van der Waals surface area contributed by atoms with Crippen molar-refractivity contribution in [2.75, 3.05) is 63.1 Å². The average molecular weight is 479 g/mol. The van der Waals surface area contributed by atoms with Crippen molar-refractivity contribution in [1.29, 1.82) is 0 Å². The van der Waals surface area contributed by atoms with Crippen molar-refractivity contribution in [2.45, 2.75) is 38.5 Å². The minimum Gasteiger partial charge on any atom is -0.354 e. The van der Waals surface area contributed by atoms with Gasteiger partial charge in [0.2, 0.25) is 17.7 Å². The molecule has 0 aromatic rings. The van der Waals surface area contributed by atoms with E-state index in [-0.39, 0.29) is 35.0 Å². The highest BCUT2D eigenvalue weighted by Crippen LogP contribution is 2.23. The number of nitrogens with one attached hydrogen (secondary N) is 2. The van der Waals surface area contributed by atoms with Crippen molar-refractivity contribution in [1.82, 2.24) is 20.4 Å². The van der Waals surface area contributed by atoms with Crippen LogP contribution in [0.4, 0.5) is 0 Å². The largest absolute Gasteiger partial charge is 0.354 e. The molecule has 10 heteroatoms. The SMILES string of the molecule is O=C(CS)NCCN(CCNC(=O)CS)CCN(CC1CCCCCC1)C(=O)CS. The molecule has 0 aromatic carbocycles. The zero-order chi connectivity index (χ0) is 22.2. The molecule has 30 heavy (non-hydrogen) atoms. The van der Waals surface area contributed by atoms with Crippen molar-refractivity contribution >= 4 is 55.6 Å². The van der Waals surface area contributed by atoms with E-state index < -0.39 is 0 Å². The molecule has 0 atom stereocenters. The maximum atomic E-state index is 12.5. The molecule has 0 bridgehead atoms. The molecule has 0 aliphatic heterocycles. The lowest BCUT2D eigenvalue weighted by Gasteiger charge is -2.30. The minimum absolute atomic E-state index is 0.0642. The molecule has 1 saturated carbocycles. The molecule has 3 amide bonds. The van der Waals surface area contributed by atoms with E-state index in [2.05, 4.69) is 53.4 Å². The standard InChI is InChI=1S/C20H38N4O3S3/c25-18(14-28)21-7-9-23(10-8-22-19(26)15-29)11-12-24(20(27)16-30)13-17-5-3-1-2-4-6-17/h17,28-30H,1-16H2,(H,21,25)(H,22,26). The Kier molecular flexibility index (Phi) is 15.6. The Morgan fingerprint density at radius 1 is 0.733 bits per heavy atom. The number of carbonyl (C=O) groups excluding carboxylic acids is 3. The molecule has 0 aromatic heterocycles. The summed E-state index contributed by atoms with van der Waals surface area (Å²) in [6.45, 7) is 4.38. The van der Waals surface area contributed by atoms with Crippen LogP contribution >= 0.6 is 37.9 Å². The fraction of sp³-hybridized carbons (Fsp3) is 0.850. The van der Waals surface area contributed by atoms with E-state index in [0.29, 0.717) is 45.2 Å². The van der Waals surface area contributed by atoms with Crippen LogP contribution in [-0.4, -0.2) is 90.6 Å².